The highest BCUT2D eigenvalue weighted by molar-refractivity contribution is 6.21. The zero-order valence-corrected chi connectivity index (χ0v) is 17.9. The van der Waals surface area contributed by atoms with E-state index < -0.39 is 0 Å². The molecule has 0 radical (unpaired) electrons. The minimum atomic E-state index is -0.00269. The summed E-state index contributed by atoms with van der Waals surface area (Å²) in [4.78, 5) is 18.5. The molecule has 3 heterocycles. The van der Waals surface area contributed by atoms with E-state index >= 15 is 0 Å². The maximum Gasteiger partial charge on any atom is 0.238 e. The van der Waals surface area contributed by atoms with Crippen LogP contribution < -0.4 is 4.90 Å². The van der Waals surface area contributed by atoms with Crippen LogP contribution in [-0.4, -0.2) is 39.9 Å². The van der Waals surface area contributed by atoms with Crippen LogP contribution in [0.3, 0.4) is 0 Å². The van der Waals surface area contributed by atoms with Crippen molar-refractivity contribution < 1.29 is 5.11 Å². The summed E-state index contributed by atoms with van der Waals surface area (Å²) in [5, 5.41) is 10.4. The van der Waals surface area contributed by atoms with E-state index in [0.29, 0.717) is 23.4 Å². The average Bonchev–Trinajstić information content (AvgIpc) is 3.32. The third kappa shape index (κ3) is 4.37. The van der Waals surface area contributed by atoms with Gasteiger partial charge in [-0.1, -0.05) is 32.1 Å². The Kier molecular flexibility index (Phi) is 5.84. The highest BCUT2D eigenvalue weighted by Crippen LogP contribution is 2.34. The number of nitrogens with one attached hydrogen (secondary N) is 1. The molecule has 0 unspecified atom stereocenters. The molecule has 0 bridgehead atoms. The Labute approximate surface area is 177 Å². The number of fused-ring (bicyclic) bond motifs is 1. The van der Waals surface area contributed by atoms with E-state index in [-0.39, 0.29) is 5.88 Å². The van der Waals surface area contributed by atoms with Gasteiger partial charge in [0.2, 0.25) is 11.8 Å². The number of aromatic hydroxyl groups is 1. The van der Waals surface area contributed by atoms with Gasteiger partial charge >= 0.3 is 0 Å². The Morgan fingerprint density at radius 2 is 2.17 bits per heavy atom. The van der Waals surface area contributed by atoms with Gasteiger partial charge in [-0.05, 0) is 49.3 Å². The van der Waals surface area contributed by atoms with Crippen LogP contribution in [0.15, 0.2) is 35.5 Å². The first-order chi connectivity index (χ1) is 14.5. The highest BCUT2D eigenvalue weighted by Gasteiger charge is 2.18. The minimum absolute atomic E-state index is 0.00269. The van der Waals surface area contributed by atoms with Gasteiger partial charge in [-0.2, -0.15) is 4.98 Å². The zero-order chi connectivity index (χ0) is 21.1. The molecule has 2 N–H and O–H groups in total. The summed E-state index contributed by atoms with van der Waals surface area (Å²) in [5.41, 5.74) is 4.73. The molecule has 0 amide bonds. The van der Waals surface area contributed by atoms with Crippen molar-refractivity contribution in [1.29, 1.82) is 0 Å². The molecule has 2 aromatic rings. The van der Waals surface area contributed by atoms with Crippen molar-refractivity contribution in [2.45, 2.75) is 39.5 Å². The SMILES string of the molecule is CC(C)CCCN(C)c1nc(O)c(C=C2C=Nc3ncc(C4=CCCC=C4)cc32)[nH]1. The number of anilines is 1. The van der Waals surface area contributed by atoms with Crippen LogP contribution in [0, 0.1) is 5.92 Å². The van der Waals surface area contributed by atoms with Gasteiger partial charge in [-0.25, -0.2) is 9.98 Å². The Bertz CT molecular complexity index is 1040. The number of aromatic nitrogens is 3. The zero-order valence-electron chi connectivity index (χ0n) is 17.9. The molecule has 1 aliphatic carbocycles. The average molecular weight is 404 g/mol. The van der Waals surface area contributed by atoms with Crippen LogP contribution in [0.25, 0.3) is 17.2 Å². The number of aromatic amines is 1. The van der Waals surface area contributed by atoms with E-state index in [1.807, 2.05) is 24.2 Å². The number of hydrogen-bond acceptors (Lipinski definition) is 5. The molecule has 6 heteroatoms. The molecule has 1 aliphatic heterocycles. The lowest BCUT2D eigenvalue weighted by atomic mass is 9.98. The fourth-order valence-electron chi connectivity index (χ4n) is 3.72. The maximum atomic E-state index is 10.4. The van der Waals surface area contributed by atoms with Gasteiger partial charge in [-0.15, -0.1) is 0 Å². The van der Waals surface area contributed by atoms with Crippen molar-refractivity contribution in [3.05, 3.63) is 47.3 Å². The summed E-state index contributed by atoms with van der Waals surface area (Å²) >= 11 is 0. The first-order valence-corrected chi connectivity index (χ1v) is 10.6. The predicted molar refractivity (Wildman–Crippen MR) is 124 cm³/mol. The summed E-state index contributed by atoms with van der Waals surface area (Å²) in [6, 6.07) is 2.12. The van der Waals surface area contributed by atoms with E-state index in [0.717, 1.165) is 42.5 Å². The van der Waals surface area contributed by atoms with Crippen molar-refractivity contribution >= 4 is 35.2 Å². The molecular weight excluding hydrogens is 374 g/mol. The first-order valence-electron chi connectivity index (χ1n) is 10.6. The second-order valence-corrected chi connectivity index (χ2v) is 8.35. The Morgan fingerprint density at radius 3 is 2.93 bits per heavy atom. The van der Waals surface area contributed by atoms with Crippen LogP contribution in [0.4, 0.5) is 11.8 Å². The molecule has 0 aromatic carbocycles. The van der Waals surface area contributed by atoms with E-state index in [1.165, 1.54) is 12.0 Å². The molecule has 2 aliphatic rings. The van der Waals surface area contributed by atoms with Crippen LogP contribution in [-0.2, 0) is 0 Å². The van der Waals surface area contributed by atoms with Crippen LogP contribution >= 0.6 is 0 Å². The topological polar surface area (TPSA) is 77.4 Å². The van der Waals surface area contributed by atoms with E-state index in [1.54, 1.807) is 6.21 Å². The van der Waals surface area contributed by atoms with Crippen molar-refractivity contribution in [3.63, 3.8) is 0 Å². The van der Waals surface area contributed by atoms with Gasteiger partial charge in [0.1, 0.15) is 5.69 Å². The number of H-pyrrole nitrogens is 1. The maximum absolute atomic E-state index is 10.4. The fourth-order valence-corrected chi connectivity index (χ4v) is 3.72. The van der Waals surface area contributed by atoms with Crippen molar-refractivity contribution in [3.8, 4) is 5.88 Å². The largest absolute Gasteiger partial charge is 0.492 e. The summed E-state index contributed by atoms with van der Waals surface area (Å²) in [6.45, 7) is 5.35. The molecule has 0 fully saturated rings. The number of imidazole rings is 1. The van der Waals surface area contributed by atoms with E-state index in [9.17, 15) is 5.11 Å². The van der Waals surface area contributed by atoms with Gasteiger partial charge in [0.05, 0.1) is 0 Å². The van der Waals surface area contributed by atoms with Gasteiger partial charge in [0, 0.05) is 42.7 Å². The number of aliphatic imine (C=N–C) groups is 1. The molecule has 4 rings (SSSR count). The van der Waals surface area contributed by atoms with Crippen molar-refractivity contribution in [2.75, 3.05) is 18.5 Å². The predicted octanol–water partition coefficient (Wildman–Crippen LogP) is 5.37. The number of hydrogen-bond donors (Lipinski definition) is 2. The van der Waals surface area contributed by atoms with Crippen molar-refractivity contribution in [2.24, 2.45) is 10.9 Å². The molecule has 0 spiro atoms. The molecule has 0 atom stereocenters. The third-order valence-electron chi connectivity index (χ3n) is 5.47. The number of allylic oxidation sites excluding steroid dienone is 5. The molecule has 0 saturated carbocycles. The molecule has 0 saturated heterocycles. The lowest BCUT2D eigenvalue weighted by Gasteiger charge is -2.16. The van der Waals surface area contributed by atoms with E-state index in [4.69, 9.17) is 0 Å². The quantitative estimate of drug-likeness (QED) is 0.651. The second-order valence-electron chi connectivity index (χ2n) is 8.35. The lowest BCUT2D eigenvalue weighted by Crippen LogP contribution is -2.20. The monoisotopic (exact) mass is 403 g/mol. The Morgan fingerprint density at radius 1 is 1.30 bits per heavy atom. The van der Waals surface area contributed by atoms with Gasteiger partial charge in [0.25, 0.3) is 0 Å². The molecule has 6 nitrogen and oxygen atoms in total. The first kappa shape index (κ1) is 20.1. The number of rotatable bonds is 7. The van der Waals surface area contributed by atoms with E-state index in [2.05, 4.69) is 58.1 Å². The Hall–Kier alpha value is -3.15. The van der Waals surface area contributed by atoms with Crippen LogP contribution in [0.5, 0.6) is 5.88 Å². The smallest absolute Gasteiger partial charge is 0.238 e. The summed E-state index contributed by atoms with van der Waals surface area (Å²) < 4.78 is 0. The van der Waals surface area contributed by atoms with Crippen molar-refractivity contribution in [1.82, 2.24) is 15.0 Å². The minimum Gasteiger partial charge on any atom is -0.492 e. The molecule has 2 aromatic heterocycles. The van der Waals surface area contributed by atoms with Crippen LogP contribution in [0.1, 0.15) is 56.4 Å². The Balaban J connectivity index is 1.56. The number of pyridine rings is 1. The molecule has 30 heavy (non-hydrogen) atoms. The highest BCUT2D eigenvalue weighted by atomic mass is 16.3. The molecular formula is C24H29N5O. The lowest BCUT2D eigenvalue weighted by molar-refractivity contribution is 0.455. The summed E-state index contributed by atoms with van der Waals surface area (Å²) in [5.74, 6) is 2.05. The van der Waals surface area contributed by atoms with Gasteiger partial charge < -0.3 is 15.0 Å². The van der Waals surface area contributed by atoms with Gasteiger partial charge in [0.15, 0.2) is 5.82 Å². The normalized spacial score (nSPS) is 16.4. The summed E-state index contributed by atoms with van der Waals surface area (Å²) in [6.07, 6.45) is 16.5. The second kappa shape index (κ2) is 8.69. The van der Waals surface area contributed by atoms with Crippen LogP contribution in [0.2, 0.25) is 0 Å². The van der Waals surface area contributed by atoms with Gasteiger partial charge in [-0.3, -0.25) is 0 Å². The third-order valence-corrected chi connectivity index (χ3v) is 5.47. The summed E-state index contributed by atoms with van der Waals surface area (Å²) in [7, 11) is 1.99. The molecule has 156 valence electrons. The standard InChI is InChI=1S/C24H29N5O/c1-16(2)8-7-11-29(3)24-27-21(23(30)28-24)13-19-15-26-22-20(19)12-18(14-25-22)17-9-5-4-6-10-17/h5,9-10,12-16,30H,4,6-8,11H2,1-3H3,(H,27,28). The number of nitrogens with zero attached hydrogens (tertiary/aromatic N) is 4. The fraction of sp³-hybridized carbons (Fsp3) is 0.375.